The van der Waals surface area contributed by atoms with E-state index >= 15 is 0 Å². The predicted molar refractivity (Wildman–Crippen MR) is 88.7 cm³/mol. The fourth-order valence-corrected chi connectivity index (χ4v) is 3.55. The first kappa shape index (κ1) is 17.1. The topological polar surface area (TPSA) is 105 Å². The van der Waals surface area contributed by atoms with Gasteiger partial charge in [-0.25, -0.2) is 4.98 Å². The molecule has 2 fully saturated rings. The standard InChI is InChI=1S/C16H25N5O3/c17-16(23)14-6-18-7-15(19-14)21-9-12(5-13(10-21)11-22)8-20-1-3-24-4-2-20/h6-7,12-13,22H,1-5,8-11H2,(H2,17,23)/t12-,13+/m1/s1. The lowest BCUT2D eigenvalue weighted by atomic mass is 9.89. The van der Waals surface area contributed by atoms with Crippen molar-refractivity contribution in [3.05, 3.63) is 18.1 Å². The number of carbonyl (C=O) groups is 1. The number of hydrogen-bond acceptors (Lipinski definition) is 7. The summed E-state index contributed by atoms with van der Waals surface area (Å²) in [7, 11) is 0. The first-order valence-corrected chi connectivity index (χ1v) is 8.43. The Balaban J connectivity index is 1.70. The number of anilines is 1. The van der Waals surface area contributed by atoms with Crippen LogP contribution in [0.3, 0.4) is 0 Å². The molecule has 1 aromatic rings. The van der Waals surface area contributed by atoms with Gasteiger partial charge in [-0.3, -0.25) is 14.7 Å². The minimum Gasteiger partial charge on any atom is -0.396 e. The summed E-state index contributed by atoms with van der Waals surface area (Å²) in [6.07, 6.45) is 4.02. The summed E-state index contributed by atoms with van der Waals surface area (Å²) in [4.78, 5) is 24.2. The molecule has 2 aliphatic heterocycles. The van der Waals surface area contributed by atoms with Crippen LogP contribution in [0, 0.1) is 11.8 Å². The van der Waals surface area contributed by atoms with Gasteiger partial charge >= 0.3 is 0 Å². The van der Waals surface area contributed by atoms with Gasteiger partial charge in [0.25, 0.3) is 5.91 Å². The number of aliphatic hydroxyl groups excluding tert-OH is 1. The zero-order chi connectivity index (χ0) is 16.9. The number of nitrogens with zero attached hydrogens (tertiary/aromatic N) is 4. The van der Waals surface area contributed by atoms with Gasteiger partial charge in [-0.05, 0) is 18.3 Å². The Kier molecular flexibility index (Phi) is 5.60. The maximum atomic E-state index is 11.3. The molecule has 0 aliphatic carbocycles. The van der Waals surface area contributed by atoms with Gasteiger partial charge in [0.15, 0.2) is 0 Å². The summed E-state index contributed by atoms with van der Waals surface area (Å²) < 4.78 is 5.40. The zero-order valence-corrected chi connectivity index (χ0v) is 13.8. The van der Waals surface area contributed by atoms with Crippen molar-refractivity contribution < 1.29 is 14.6 Å². The number of morpholine rings is 1. The largest absolute Gasteiger partial charge is 0.396 e. The zero-order valence-electron chi connectivity index (χ0n) is 13.8. The van der Waals surface area contributed by atoms with Crippen molar-refractivity contribution >= 4 is 11.7 Å². The highest BCUT2D eigenvalue weighted by atomic mass is 16.5. The van der Waals surface area contributed by atoms with Crippen LogP contribution in [-0.2, 0) is 4.74 Å². The second-order valence-electron chi connectivity index (χ2n) is 6.60. The van der Waals surface area contributed by atoms with E-state index in [1.165, 1.54) is 6.20 Å². The number of nitrogens with two attached hydrogens (primary N) is 1. The molecule has 0 bridgehead atoms. The van der Waals surface area contributed by atoms with Crippen LogP contribution in [0.15, 0.2) is 12.4 Å². The van der Waals surface area contributed by atoms with E-state index in [0.717, 1.165) is 45.8 Å². The van der Waals surface area contributed by atoms with Crippen LogP contribution < -0.4 is 10.6 Å². The van der Waals surface area contributed by atoms with Crippen LogP contribution in [0.1, 0.15) is 16.9 Å². The number of amides is 1. The van der Waals surface area contributed by atoms with Crippen LogP contribution in [-0.4, -0.2) is 78.4 Å². The number of primary amides is 1. The van der Waals surface area contributed by atoms with Gasteiger partial charge in [0.1, 0.15) is 11.5 Å². The van der Waals surface area contributed by atoms with E-state index < -0.39 is 5.91 Å². The first-order valence-electron chi connectivity index (χ1n) is 8.43. The van der Waals surface area contributed by atoms with Crippen LogP contribution in [0.5, 0.6) is 0 Å². The molecule has 8 nitrogen and oxygen atoms in total. The minimum atomic E-state index is -0.579. The van der Waals surface area contributed by atoms with E-state index in [4.69, 9.17) is 10.5 Å². The van der Waals surface area contributed by atoms with Gasteiger partial charge < -0.3 is 20.5 Å². The first-order chi connectivity index (χ1) is 11.7. The van der Waals surface area contributed by atoms with Crippen LogP contribution in [0.2, 0.25) is 0 Å². The quantitative estimate of drug-likeness (QED) is 0.736. The van der Waals surface area contributed by atoms with Crippen LogP contribution >= 0.6 is 0 Å². The SMILES string of the molecule is NC(=O)c1cncc(N2C[C@@H](CN3CCOCC3)C[C@H](CO)C2)n1. The van der Waals surface area contributed by atoms with E-state index in [0.29, 0.717) is 18.3 Å². The Labute approximate surface area is 141 Å². The average molecular weight is 335 g/mol. The van der Waals surface area contributed by atoms with Crippen molar-refractivity contribution in [3.8, 4) is 0 Å². The van der Waals surface area contributed by atoms with Crippen molar-refractivity contribution in [2.45, 2.75) is 6.42 Å². The molecular formula is C16H25N5O3. The molecule has 0 radical (unpaired) electrons. The highest BCUT2D eigenvalue weighted by Gasteiger charge is 2.29. The smallest absolute Gasteiger partial charge is 0.268 e. The van der Waals surface area contributed by atoms with Crippen molar-refractivity contribution in [2.24, 2.45) is 17.6 Å². The summed E-state index contributed by atoms with van der Waals surface area (Å²) >= 11 is 0. The molecule has 2 atom stereocenters. The number of rotatable bonds is 5. The molecule has 1 amide bonds. The number of aromatic nitrogens is 2. The fraction of sp³-hybridized carbons (Fsp3) is 0.688. The third kappa shape index (κ3) is 4.19. The Morgan fingerprint density at radius 2 is 2.04 bits per heavy atom. The lowest BCUT2D eigenvalue weighted by Crippen LogP contribution is -2.48. The van der Waals surface area contributed by atoms with Crippen molar-refractivity contribution in [1.29, 1.82) is 0 Å². The van der Waals surface area contributed by atoms with Gasteiger partial charge in [0.05, 0.1) is 25.6 Å². The summed E-state index contributed by atoms with van der Waals surface area (Å²) in [6.45, 7) is 6.17. The molecule has 0 unspecified atom stereocenters. The van der Waals surface area contributed by atoms with E-state index in [2.05, 4.69) is 19.8 Å². The summed E-state index contributed by atoms with van der Waals surface area (Å²) in [5.74, 6) is 0.707. The van der Waals surface area contributed by atoms with Crippen molar-refractivity contribution in [3.63, 3.8) is 0 Å². The van der Waals surface area contributed by atoms with E-state index in [-0.39, 0.29) is 18.2 Å². The molecule has 2 saturated heterocycles. The Bertz CT molecular complexity index is 564. The van der Waals surface area contributed by atoms with Gasteiger partial charge in [-0.15, -0.1) is 0 Å². The van der Waals surface area contributed by atoms with Crippen LogP contribution in [0.4, 0.5) is 5.82 Å². The number of ether oxygens (including phenoxy) is 1. The number of piperidine rings is 1. The summed E-state index contributed by atoms with van der Waals surface area (Å²) in [5, 5.41) is 9.65. The lowest BCUT2D eigenvalue weighted by Gasteiger charge is -2.40. The molecule has 0 saturated carbocycles. The van der Waals surface area contributed by atoms with E-state index in [1.807, 2.05) is 0 Å². The fourth-order valence-electron chi connectivity index (χ4n) is 3.55. The highest BCUT2D eigenvalue weighted by Crippen LogP contribution is 2.26. The van der Waals surface area contributed by atoms with Crippen LogP contribution in [0.25, 0.3) is 0 Å². The molecule has 3 heterocycles. The van der Waals surface area contributed by atoms with Crippen molar-refractivity contribution in [1.82, 2.24) is 14.9 Å². The third-order valence-electron chi connectivity index (χ3n) is 4.70. The predicted octanol–water partition coefficient (Wildman–Crippen LogP) is -0.657. The highest BCUT2D eigenvalue weighted by molar-refractivity contribution is 5.90. The average Bonchev–Trinajstić information content (AvgIpc) is 2.62. The number of carbonyl (C=O) groups excluding carboxylic acids is 1. The van der Waals surface area contributed by atoms with Gasteiger partial charge in [-0.1, -0.05) is 0 Å². The summed E-state index contributed by atoms with van der Waals surface area (Å²) in [5.41, 5.74) is 5.47. The Morgan fingerprint density at radius 3 is 2.75 bits per heavy atom. The van der Waals surface area contributed by atoms with Crippen molar-refractivity contribution in [2.75, 3.05) is 57.4 Å². The Morgan fingerprint density at radius 1 is 1.29 bits per heavy atom. The molecule has 3 N–H and O–H groups in total. The minimum absolute atomic E-state index is 0.152. The molecule has 0 aromatic carbocycles. The monoisotopic (exact) mass is 335 g/mol. The lowest BCUT2D eigenvalue weighted by molar-refractivity contribution is 0.0268. The number of hydrogen-bond donors (Lipinski definition) is 2. The second-order valence-corrected chi connectivity index (χ2v) is 6.60. The molecule has 0 spiro atoms. The molecule has 3 rings (SSSR count). The second kappa shape index (κ2) is 7.87. The molecule has 1 aromatic heterocycles. The molecule has 24 heavy (non-hydrogen) atoms. The van der Waals surface area contributed by atoms with E-state index in [9.17, 15) is 9.90 Å². The van der Waals surface area contributed by atoms with E-state index in [1.54, 1.807) is 6.20 Å². The summed E-state index contributed by atoms with van der Waals surface area (Å²) in [6, 6.07) is 0. The normalized spacial score (nSPS) is 25.6. The molecule has 132 valence electrons. The van der Waals surface area contributed by atoms with Gasteiger partial charge in [-0.2, -0.15) is 0 Å². The van der Waals surface area contributed by atoms with Gasteiger partial charge in [0, 0.05) is 39.3 Å². The maximum absolute atomic E-state index is 11.3. The van der Waals surface area contributed by atoms with Gasteiger partial charge in [0.2, 0.25) is 0 Å². The maximum Gasteiger partial charge on any atom is 0.268 e. The Hall–Kier alpha value is -1.77. The molecular weight excluding hydrogens is 310 g/mol. The third-order valence-corrected chi connectivity index (χ3v) is 4.70. The number of aliphatic hydroxyl groups is 1. The molecule has 8 heteroatoms. The molecule has 2 aliphatic rings.